The lowest BCUT2D eigenvalue weighted by atomic mass is 10.0. The van der Waals surface area contributed by atoms with E-state index in [0.717, 1.165) is 19.8 Å². The van der Waals surface area contributed by atoms with E-state index in [1.807, 2.05) is 24.3 Å². The summed E-state index contributed by atoms with van der Waals surface area (Å²) in [5.74, 6) is -2.04. The van der Waals surface area contributed by atoms with Gasteiger partial charge in [0.25, 0.3) is 11.8 Å². The Morgan fingerprint density at radius 1 is 1.41 bits per heavy atom. The van der Waals surface area contributed by atoms with Gasteiger partial charge in [-0.1, -0.05) is 23.9 Å². The van der Waals surface area contributed by atoms with Gasteiger partial charge in [0.05, 0.1) is 0 Å². The molecule has 0 radical (unpaired) electrons. The van der Waals surface area contributed by atoms with Crippen molar-refractivity contribution in [2.24, 2.45) is 5.18 Å². The zero-order valence-corrected chi connectivity index (χ0v) is 20.5. The van der Waals surface area contributed by atoms with Crippen LogP contribution in [0.25, 0.3) is 0 Å². The number of amides is 2. The van der Waals surface area contributed by atoms with Gasteiger partial charge in [-0.15, -0.1) is 28.0 Å². The Balaban J connectivity index is 1.53. The minimum Gasteiger partial charge on any atom is -0.477 e. The van der Waals surface area contributed by atoms with Gasteiger partial charge in [0.2, 0.25) is 6.04 Å². The molecule has 2 aliphatic heterocycles. The molecule has 3 heterocycles. The van der Waals surface area contributed by atoms with Crippen LogP contribution < -0.4 is 11.1 Å². The van der Waals surface area contributed by atoms with Crippen molar-refractivity contribution < 1.29 is 19.5 Å². The van der Waals surface area contributed by atoms with E-state index in [1.165, 1.54) is 33.8 Å². The zero-order valence-electron chi connectivity index (χ0n) is 15.9. The Hall–Kier alpha value is -2.17. The van der Waals surface area contributed by atoms with Gasteiger partial charge in [0.15, 0.2) is 0 Å². The van der Waals surface area contributed by atoms with Crippen molar-refractivity contribution in [2.45, 2.75) is 22.4 Å². The van der Waals surface area contributed by atoms with Crippen LogP contribution in [-0.2, 0) is 14.4 Å². The summed E-state index contributed by atoms with van der Waals surface area (Å²) in [7, 11) is 0. The molecular weight excluding hydrogens is 589 g/mol. The number of halogens is 1. The van der Waals surface area contributed by atoms with E-state index in [4.69, 9.17) is 5.73 Å². The maximum atomic E-state index is 12.8. The highest BCUT2D eigenvalue weighted by Gasteiger charge is 2.54. The second-order valence-electron chi connectivity index (χ2n) is 6.62. The van der Waals surface area contributed by atoms with Gasteiger partial charge in [0, 0.05) is 24.5 Å². The summed E-state index contributed by atoms with van der Waals surface area (Å²) in [5, 5.41) is 16.1. The summed E-state index contributed by atoms with van der Waals surface area (Å²) >= 11 is 5.83. The molecule has 0 spiro atoms. The highest BCUT2D eigenvalue weighted by molar-refractivity contribution is 14.1. The number of hydrogen-bond acceptors (Lipinski definition) is 10. The van der Waals surface area contributed by atoms with E-state index in [9.17, 15) is 24.4 Å². The quantitative estimate of drug-likeness (QED) is 0.246. The molecule has 1 saturated heterocycles. The van der Waals surface area contributed by atoms with Crippen LogP contribution in [0.5, 0.6) is 0 Å². The van der Waals surface area contributed by atoms with Crippen molar-refractivity contribution in [1.29, 1.82) is 0 Å². The van der Waals surface area contributed by atoms with Crippen LogP contribution in [0.2, 0.25) is 0 Å². The number of benzene rings is 1. The van der Waals surface area contributed by atoms with Crippen LogP contribution >= 0.6 is 57.5 Å². The smallest absolute Gasteiger partial charge is 0.353 e. The molecular formula is C18H14IN5O5S3. The number of carbonyl (C=O) groups is 3. The topological polar surface area (TPSA) is 155 Å². The number of thiazole rings is 1. The molecule has 3 atom stereocenters. The molecule has 0 aliphatic carbocycles. The van der Waals surface area contributed by atoms with Gasteiger partial charge in [-0.3, -0.25) is 14.5 Å². The highest BCUT2D eigenvalue weighted by atomic mass is 127. The van der Waals surface area contributed by atoms with Crippen molar-refractivity contribution in [2.75, 3.05) is 11.5 Å². The molecule has 4 rings (SSSR count). The number of nitrogens with zero attached hydrogens (tertiary/aromatic N) is 3. The molecule has 32 heavy (non-hydrogen) atoms. The monoisotopic (exact) mass is 603 g/mol. The Kier molecular flexibility index (Phi) is 6.73. The lowest BCUT2D eigenvalue weighted by Crippen LogP contribution is -2.70. The van der Waals surface area contributed by atoms with Crippen LogP contribution in [-0.4, -0.2) is 49.9 Å². The first-order valence-electron chi connectivity index (χ1n) is 8.99. The summed E-state index contributed by atoms with van der Waals surface area (Å²) in [4.78, 5) is 55.1. The van der Waals surface area contributed by atoms with Crippen molar-refractivity contribution in [3.63, 3.8) is 0 Å². The molecule has 166 valence electrons. The third-order valence-electron chi connectivity index (χ3n) is 4.63. The predicted octanol–water partition coefficient (Wildman–Crippen LogP) is 2.63. The SMILES string of the molecule is Nc1csc(C(N=O)C(=O)N[C@@H]2C(=O)N3C(C(=O)O)=C(Sc4ccccc4I)CS[C@@H]23)n1. The van der Waals surface area contributed by atoms with Gasteiger partial charge in [0.1, 0.15) is 27.9 Å². The van der Waals surface area contributed by atoms with Gasteiger partial charge in [-0.05, 0) is 39.9 Å². The van der Waals surface area contributed by atoms with Crippen molar-refractivity contribution in [3.05, 3.63) is 53.7 Å². The number of carbonyl (C=O) groups excluding carboxylic acids is 2. The Labute approximate surface area is 207 Å². The van der Waals surface area contributed by atoms with Gasteiger partial charge in [-0.2, -0.15) is 0 Å². The highest BCUT2D eigenvalue weighted by Crippen LogP contribution is 2.45. The maximum absolute atomic E-state index is 12.8. The third-order valence-corrected chi connectivity index (χ3v) is 9.48. The second kappa shape index (κ2) is 9.36. The summed E-state index contributed by atoms with van der Waals surface area (Å²) < 4.78 is 0.967. The number of thioether (sulfide) groups is 2. The second-order valence-corrected chi connectivity index (χ2v) is 10.9. The van der Waals surface area contributed by atoms with Crippen molar-refractivity contribution in [1.82, 2.24) is 15.2 Å². The van der Waals surface area contributed by atoms with E-state index in [-0.39, 0.29) is 16.5 Å². The Morgan fingerprint density at radius 2 is 2.16 bits per heavy atom. The fourth-order valence-electron chi connectivity index (χ4n) is 3.19. The van der Waals surface area contributed by atoms with E-state index >= 15 is 0 Å². The van der Waals surface area contributed by atoms with Gasteiger partial charge < -0.3 is 16.2 Å². The largest absolute Gasteiger partial charge is 0.477 e. The van der Waals surface area contributed by atoms with E-state index in [1.54, 1.807) is 0 Å². The van der Waals surface area contributed by atoms with Gasteiger partial charge in [-0.25, -0.2) is 9.78 Å². The summed E-state index contributed by atoms with van der Waals surface area (Å²) in [6.45, 7) is 0. The first-order chi connectivity index (χ1) is 15.3. The molecule has 4 N–H and O–H groups in total. The minimum absolute atomic E-state index is 0.0911. The minimum atomic E-state index is -1.44. The van der Waals surface area contributed by atoms with Crippen LogP contribution in [0.3, 0.4) is 0 Å². The third kappa shape index (κ3) is 4.23. The molecule has 0 saturated carbocycles. The number of rotatable bonds is 7. The first kappa shape index (κ1) is 23.0. The van der Waals surface area contributed by atoms with Crippen LogP contribution in [0.1, 0.15) is 11.0 Å². The number of aliphatic carboxylic acids is 1. The lowest BCUT2D eigenvalue weighted by Gasteiger charge is -2.49. The number of nitroso groups, excluding NO2 is 1. The number of carboxylic acid groups (broad SMARTS) is 1. The van der Waals surface area contributed by atoms with Crippen LogP contribution in [0.15, 0.2) is 50.3 Å². The average Bonchev–Trinajstić information content (AvgIpc) is 3.19. The van der Waals surface area contributed by atoms with E-state index < -0.39 is 35.2 Å². The normalized spacial score (nSPS) is 20.9. The molecule has 2 aliphatic rings. The van der Waals surface area contributed by atoms with Crippen LogP contribution in [0, 0.1) is 8.48 Å². The number of aromatic nitrogens is 1. The Morgan fingerprint density at radius 3 is 2.78 bits per heavy atom. The molecule has 1 fully saturated rings. The molecule has 10 nitrogen and oxygen atoms in total. The molecule has 1 aromatic heterocycles. The maximum Gasteiger partial charge on any atom is 0.353 e. The lowest BCUT2D eigenvalue weighted by molar-refractivity contribution is -0.150. The van der Waals surface area contributed by atoms with Crippen LogP contribution in [0.4, 0.5) is 5.82 Å². The number of nitrogens with one attached hydrogen (secondary N) is 1. The van der Waals surface area contributed by atoms with Gasteiger partial charge >= 0.3 is 5.97 Å². The molecule has 1 unspecified atom stereocenters. The molecule has 14 heteroatoms. The first-order valence-corrected chi connectivity index (χ1v) is 12.8. The Bertz CT molecular complexity index is 1160. The molecule has 2 amide bonds. The van der Waals surface area contributed by atoms with Crippen molar-refractivity contribution in [3.8, 4) is 0 Å². The standard InChI is InChI=1S/C18H14IN5O5S3/c19-7-3-1-2-4-8(7)32-9-5-31-17-12(16(26)24(17)13(9)18(27)28)22-14(25)11(23-29)15-21-10(20)6-30-15/h1-4,6,11-12,17H,5,20H2,(H,22,25)(H,27,28)/t11?,12-,17+/m1/s1. The number of fused-ring (bicyclic) bond motifs is 1. The predicted molar refractivity (Wildman–Crippen MR) is 130 cm³/mol. The van der Waals surface area contributed by atoms with E-state index in [2.05, 4.69) is 38.1 Å². The molecule has 2 aromatic rings. The summed E-state index contributed by atoms with van der Waals surface area (Å²) in [6.07, 6.45) is 0. The summed E-state index contributed by atoms with van der Waals surface area (Å²) in [5.41, 5.74) is 5.45. The number of nitrogens with two attached hydrogens (primary N) is 1. The summed E-state index contributed by atoms with van der Waals surface area (Å²) in [6, 6.07) is 5.14. The van der Waals surface area contributed by atoms with E-state index in [0.29, 0.717) is 10.7 Å². The molecule has 0 bridgehead atoms. The zero-order chi connectivity index (χ0) is 23.0. The number of carboxylic acids is 1. The number of anilines is 1. The number of nitrogen functional groups attached to an aromatic ring is 1. The number of β-lactam (4-membered cyclic amide) rings is 1. The molecule has 1 aromatic carbocycles. The fraction of sp³-hybridized carbons (Fsp3) is 0.222. The fourth-order valence-corrected chi connectivity index (χ4v) is 7.14. The van der Waals surface area contributed by atoms with Crippen molar-refractivity contribution >= 4 is 81.1 Å². The average molecular weight is 603 g/mol. The number of hydrogen-bond donors (Lipinski definition) is 3.